The molecule has 154 valence electrons. The Balaban J connectivity index is 1.96. The largest absolute Gasteiger partial charge is 0.461 e. The molecule has 0 saturated heterocycles. The van der Waals surface area contributed by atoms with Crippen LogP contribution in [0.4, 0.5) is 5.13 Å². The number of fused-ring (bicyclic) bond motifs is 1. The lowest BCUT2D eigenvalue weighted by molar-refractivity contribution is -0.119. The fraction of sp³-hybridized carbons (Fsp3) is 0.421. The van der Waals surface area contributed by atoms with Gasteiger partial charge in [-0.3, -0.25) is 14.2 Å². The van der Waals surface area contributed by atoms with Gasteiger partial charge in [0.15, 0.2) is 5.13 Å². The van der Waals surface area contributed by atoms with Crippen LogP contribution in [0.25, 0.3) is 10.2 Å². The molecule has 1 amide bonds. The van der Waals surface area contributed by atoms with E-state index in [-0.39, 0.29) is 17.4 Å². The predicted molar refractivity (Wildman–Crippen MR) is 114 cm³/mol. The second kappa shape index (κ2) is 8.83. The van der Waals surface area contributed by atoms with Gasteiger partial charge in [0.05, 0.1) is 18.3 Å². The highest BCUT2D eigenvalue weighted by molar-refractivity contribution is 7.20. The van der Waals surface area contributed by atoms with Crippen LogP contribution >= 0.6 is 22.7 Å². The molecule has 8 nitrogen and oxygen atoms in total. The molecule has 0 aliphatic rings. The van der Waals surface area contributed by atoms with Crippen molar-refractivity contribution in [2.45, 2.75) is 40.2 Å². The number of nitrogens with zero attached hydrogens (tertiary/aromatic N) is 3. The van der Waals surface area contributed by atoms with Gasteiger partial charge in [0.2, 0.25) is 5.91 Å². The first kappa shape index (κ1) is 21.1. The number of thiophene rings is 1. The summed E-state index contributed by atoms with van der Waals surface area (Å²) in [5.41, 5.74) is 0.175. The van der Waals surface area contributed by atoms with Crippen LogP contribution in [0.3, 0.4) is 0 Å². The zero-order valence-electron chi connectivity index (χ0n) is 16.6. The zero-order chi connectivity index (χ0) is 21.1. The molecule has 1 atom stereocenters. The third-order valence-corrected chi connectivity index (χ3v) is 6.17. The summed E-state index contributed by atoms with van der Waals surface area (Å²) in [6, 6.07) is -0.737. The third-order valence-electron chi connectivity index (χ3n) is 4.30. The second-order valence-corrected chi connectivity index (χ2v) is 8.83. The molecule has 10 heteroatoms. The Morgan fingerprint density at radius 1 is 1.31 bits per heavy atom. The van der Waals surface area contributed by atoms with Gasteiger partial charge >= 0.3 is 5.97 Å². The minimum Gasteiger partial charge on any atom is -0.461 e. The summed E-state index contributed by atoms with van der Waals surface area (Å²) in [6.07, 6.45) is 3.35. The quantitative estimate of drug-likeness (QED) is 0.570. The number of thiazole rings is 1. The van der Waals surface area contributed by atoms with Crippen LogP contribution in [0.1, 0.15) is 48.5 Å². The van der Waals surface area contributed by atoms with E-state index in [2.05, 4.69) is 15.3 Å². The van der Waals surface area contributed by atoms with Crippen LogP contribution in [-0.4, -0.2) is 33.0 Å². The van der Waals surface area contributed by atoms with Crippen molar-refractivity contribution in [2.24, 2.45) is 5.92 Å². The van der Waals surface area contributed by atoms with E-state index in [1.807, 2.05) is 20.8 Å². The molecule has 3 aromatic rings. The molecule has 0 saturated carbocycles. The van der Waals surface area contributed by atoms with Crippen LogP contribution < -0.4 is 10.9 Å². The van der Waals surface area contributed by atoms with Gasteiger partial charge in [-0.1, -0.05) is 20.8 Å². The van der Waals surface area contributed by atoms with Crippen LogP contribution in [0.2, 0.25) is 0 Å². The maximum absolute atomic E-state index is 13.1. The van der Waals surface area contributed by atoms with E-state index in [0.717, 1.165) is 11.3 Å². The van der Waals surface area contributed by atoms with Gasteiger partial charge in [0, 0.05) is 11.6 Å². The number of carbonyl (C=O) groups is 2. The Hall–Kier alpha value is -2.59. The van der Waals surface area contributed by atoms with Crippen LogP contribution in [0, 0.1) is 12.8 Å². The first-order valence-electron chi connectivity index (χ1n) is 9.21. The molecule has 0 bridgehead atoms. The molecular weight excluding hydrogens is 412 g/mol. The number of aryl methyl sites for hydroxylation is 1. The van der Waals surface area contributed by atoms with Gasteiger partial charge < -0.3 is 10.1 Å². The Morgan fingerprint density at radius 2 is 2.07 bits per heavy atom. The minimum atomic E-state index is -0.737. The molecule has 0 spiro atoms. The first-order valence-corrected chi connectivity index (χ1v) is 10.9. The monoisotopic (exact) mass is 434 g/mol. The number of ether oxygens (including phenoxy) is 1. The first-order chi connectivity index (χ1) is 13.8. The number of rotatable bonds is 7. The van der Waals surface area contributed by atoms with E-state index in [0.29, 0.717) is 38.8 Å². The molecule has 0 aliphatic heterocycles. The summed E-state index contributed by atoms with van der Waals surface area (Å²) < 4.78 is 6.61. The zero-order valence-corrected chi connectivity index (χ0v) is 18.2. The molecule has 0 aromatic carbocycles. The van der Waals surface area contributed by atoms with E-state index in [4.69, 9.17) is 4.74 Å². The van der Waals surface area contributed by atoms with E-state index in [1.54, 1.807) is 18.5 Å². The van der Waals surface area contributed by atoms with Gasteiger partial charge in [-0.25, -0.2) is 14.8 Å². The SMILES string of the molecule is CCC(C(=O)Nc1nccs1)n1cnc2sc(C(=O)OCC(C)C)c(C)c2c1=O. The highest BCUT2D eigenvalue weighted by Gasteiger charge is 2.25. The molecule has 3 aromatic heterocycles. The van der Waals surface area contributed by atoms with Gasteiger partial charge in [0.1, 0.15) is 15.7 Å². The highest BCUT2D eigenvalue weighted by Crippen LogP contribution is 2.28. The van der Waals surface area contributed by atoms with E-state index in [1.165, 1.54) is 22.2 Å². The standard InChI is InChI=1S/C19H22N4O4S2/c1-5-12(15(24)22-19-20-6-7-28-19)23-9-21-16-13(17(23)25)11(4)14(29-16)18(26)27-8-10(2)3/h6-7,9-10,12H,5,8H2,1-4H3,(H,20,22,24). The lowest BCUT2D eigenvalue weighted by Crippen LogP contribution is -2.33. The number of hydrogen-bond acceptors (Lipinski definition) is 8. The number of esters is 1. The van der Waals surface area contributed by atoms with Gasteiger partial charge in [-0.2, -0.15) is 0 Å². The van der Waals surface area contributed by atoms with Crippen molar-refractivity contribution >= 4 is 49.9 Å². The average molecular weight is 435 g/mol. The molecule has 3 rings (SSSR count). The molecular formula is C19H22N4O4S2. The summed E-state index contributed by atoms with van der Waals surface area (Å²) >= 11 is 2.43. The molecule has 1 unspecified atom stereocenters. The summed E-state index contributed by atoms with van der Waals surface area (Å²) in [7, 11) is 0. The van der Waals surface area contributed by atoms with Crippen molar-refractivity contribution in [3.8, 4) is 0 Å². The number of anilines is 1. The predicted octanol–water partition coefficient (Wildman–Crippen LogP) is 3.63. The second-order valence-electron chi connectivity index (χ2n) is 6.94. The Bertz CT molecular complexity index is 1090. The van der Waals surface area contributed by atoms with Crippen molar-refractivity contribution in [1.82, 2.24) is 14.5 Å². The van der Waals surface area contributed by atoms with Crippen molar-refractivity contribution in [1.29, 1.82) is 0 Å². The maximum atomic E-state index is 13.1. The summed E-state index contributed by atoms with van der Waals surface area (Å²) in [5, 5.41) is 5.29. The lowest BCUT2D eigenvalue weighted by Gasteiger charge is -2.16. The summed E-state index contributed by atoms with van der Waals surface area (Å²) in [4.78, 5) is 47.4. The van der Waals surface area contributed by atoms with Crippen molar-refractivity contribution in [3.05, 3.63) is 38.7 Å². The number of nitrogens with one attached hydrogen (secondary N) is 1. The normalized spacial score (nSPS) is 12.3. The van der Waals surface area contributed by atoms with Crippen LogP contribution in [0.15, 0.2) is 22.7 Å². The summed E-state index contributed by atoms with van der Waals surface area (Å²) in [5.74, 6) is -0.584. The van der Waals surface area contributed by atoms with Gasteiger partial charge in [-0.15, -0.1) is 22.7 Å². The van der Waals surface area contributed by atoms with E-state index in [9.17, 15) is 14.4 Å². The topological polar surface area (TPSA) is 103 Å². The van der Waals surface area contributed by atoms with Crippen LogP contribution in [-0.2, 0) is 9.53 Å². The molecule has 0 fully saturated rings. The minimum absolute atomic E-state index is 0.214. The molecule has 0 aliphatic carbocycles. The molecule has 3 heterocycles. The smallest absolute Gasteiger partial charge is 0.348 e. The van der Waals surface area contributed by atoms with Crippen LogP contribution in [0.5, 0.6) is 0 Å². The number of amides is 1. The van der Waals surface area contributed by atoms with E-state index < -0.39 is 12.0 Å². The molecule has 0 radical (unpaired) electrons. The Labute approximate surface area is 175 Å². The number of aromatic nitrogens is 3. The maximum Gasteiger partial charge on any atom is 0.348 e. The van der Waals surface area contributed by atoms with Gasteiger partial charge in [-0.05, 0) is 24.8 Å². The van der Waals surface area contributed by atoms with E-state index >= 15 is 0 Å². The number of hydrogen-bond donors (Lipinski definition) is 1. The van der Waals surface area contributed by atoms with Crippen molar-refractivity contribution < 1.29 is 14.3 Å². The highest BCUT2D eigenvalue weighted by atomic mass is 32.1. The third kappa shape index (κ3) is 4.38. The molecule has 1 N–H and O–H groups in total. The van der Waals surface area contributed by atoms with Crippen molar-refractivity contribution in [2.75, 3.05) is 11.9 Å². The number of carbonyl (C=O) groups excluding carboxylic acids is 2. The fourth-order valence-corrected chi connectivity index (χ4v) is 4.41. The lowest BCUT2D eigenvalue weighted by atomic mass is 10.1. The van der Waals surface area contributed by atoms with Gasteiger partial charge in [0.25, 0.3) is 5.56 Å². The van der Waals surface area contributed by atoms with Crippen molar-refractivity contribution in [3.63, 3.8) is 0 Å². The summed E-state index contributed by atoms with van der Waals surface area (Å²) in [6.45, 7) is 7.73. The Kier molecular flexibility index (Phi) is 6.43. The molecule has 29 heavy (non-hydrogen) atoms. The Morgan fingerprint density at radius 3 is 2.69 bits per heavy atom. The fourth-order valence-electron chi connectivity index (χ4n) is 2.84. The average Bonchev–Trinajstić information content (AvgIpc) is 3.30.